The van der Waals surface area contributed by atoms with E-state index in [1.807, 2.05) is 36.4 Å². The van der Waals surface area contributed by atoms with Gasteiger partial charge < -0.3 is 5.11 Å². The number of rotatable bonds is 4. The van der Waals surface area contributed by atoms with Crippen molar-refractivity contribution in [2.45, 2.75) is 25.3 Å². The molecule has 1 aliphatic carbocycles. The minimum Gasteiger partial charge on any atom is -0.478 e. The molecule has 0 saturated heterocycles. The Labute approximate surface area is 220 Å². The number of fused-ring (bicyclic) bond motifs is 1. The Morgan fingerprint density at radius 2 is 1.54 bits per heavy atom. The largest absolute Gasteiger partial charge is 0.478 e. The summed E-state index contributed by atoms with van der Waals surface area (Å²) < 4.78 is 1.97. The van der Waals surface area contributed by atoms with Gasteiger partial charge in [-0.05, 0) is 78.4 Å². The van der Waals surface area contributed by atoms with Gasteiger partial charge in [-0.15, -0.1) is 0 Å². The second-order valence-corrected chi connectivity index (χ2v) is 10.5. The lowest BCUT2D eigenvalue weighted by atomic mass is 9.77. The molecule has 0 radical (unpaired) electrons. The fourth-order valence-electron chi connectivity index (χ4n) is 4.90. The number of carboxylic acids is 1. The monoisotopic (exact) mass is 592 g/mol. The minimum atomic E-state index is -1.13. The second-order valence-electron chi connectivity index (χ2n) is 8.70. The van der Waals surface area contributed by atoms with Gasteiger partial charge in [0.2, 0.25) is 0 Å². The topological polar surface area (TPSA) is 70.0 Å². The number of allylic oxidation sites excluding steroid dienone is 1. The number of benzene rings is 3. The fourth-order valence-corrected chi connectivity index (χ4v) is 5.43. The van der Waals surface area contributed by atoms with Crippen molar-refractivity contribution < 1.29 is 14.7 Å². The maximum absolute atomic E-state index is 13.8. The zero-order chi connectivity index (χ0) is 24.5. The van der Waals surface area contributed by atoms with E-state index < -0.39 is 11.9 Å². The second kappa shape index (κ2) is 9.91. The zero-order valence-electron chi connectivity index (χ0n) is 18.7. The number of hydrogen-bond donors (Lipinski definition) is 1. The van der Waals surface area contributed by atoms with Crippen LogP contribution < -0.4 is 0 Å². The average molecular weight is 594 g/mol. The molecule has 1 heterocycles. The van der Waals surface area contributed by atoms with Crippen LogP contribution in [-0.4, -0.2) is 27.7 Å². The molecule has 1 fully saturated rings. The van der Waals surface area contributed by atoms with Crippen molar-refractivity contribution in [1.82, 2.24) is 5.01 Å². The highest BCUT2D eigenvalue weighted by atomic mass is 79.9. The Hall–Kier alpha value is -3.03. The van der Waals surface area contributed by atoms with Crippen LogP contribution in [0.3, 0.4) is 0 Å². The molecule has 5 rings (SSSR count). The number of carbonyl (C=O) groups is 2. The van der Waals surface area contributed by atoms with Crippen molar-refractivity contribution in [2.24, 2.45) is 11.0 Å². The van der Waals surface area contributed by atoms with Gasteiger partial charge in [-0.1, -0.05) is 68.3 Å². The van der Waals surface area contributed by atoms with Crippen molar-refractivity contribution in [3.8, 4) is 0 Å². The third-order valence-electron chi connectivity index (χ3n) is 6.52. The molecule has 3 aromatic rings. The third kappa shape index (κ3) is 4.75. The summed E-state index contributed by atoms with van der Waals surface area (Å²) in [6, 6.07) is 22.1. The van der Waals surface area contributed by atoms with Crippen LogP contribution in [-0.2, 0) is 0 Å². The smallest absolute Gasteiger partial charge is 0.336 e. The molecule has 7 heteroatoms. The van der Waals surface area contributed by atoms with E-state index in [0.29, 0.717) is 0 Å². The molecule has 176 valence electrons. The summed E-state index contributed by atoms with van der Waals surface area (Å²) in [5.41, 5.74) is 4.20. The van der Waals surface area contributed by atoms with E-state index in [1.165, 1.54) is 11.1 Å². The number of carbonyl (C=O) groups excluding carboxylic acids is 1. The van der Waals surface area contributed by atoms with Gasteiger partial charge in [-0.2, -0.15) is 5.10 Å². The molecule has 2 atom stereocenters. The number of aromatic carboxylic acids is 1. The molecule has 2 unspecified atom stereocenters. The molecular weight excluding hydrogens is 572 g/mol. The van der Waals surface area contributed by atoms with Gasteiger partial charge in [0.05, 0.1) is 22.9 Å². The Balaban J connectivity index is 1.60. The SMILES string of the molecule is O=C(O)c1ccccc1C(=O)N1N=C2/C(=C/c3ccc(Br)cc3)CCCC2C1c1ccc(Br)cc1. The Morgan fingerprint density at radius 3 is 2.20 bits per heavy atom. The summed E-state index contributed by atoms with van der Waals surface area (Å²) >= 11 is 6.98. The van der Waals surface area contributed by atoms with Crippen molar-refractivity contribution in [1.29, 1.82) is 0 Å². The van der Waals surface area contributed by atoms with E-state index in [-0.39, 0.29) is 23.1 Å². The minimum absolute atomic E-state index is 0.0206. The summed E-state index contributed by atoms with van der Waals surface area (Å²) in [7, 11) is 0. The molecule has 5 nitrogen and oxygen atoms in total. The van der Waals surface area contributed by atoms with Gasteiger partial charge in [0.15, 0.2) is 0 Å². The Bertz CT molecular complexity index is 1350. The van der Waals surface area contributed by atoms with Gasteiger partial charge in [-0.3, -0.25) is 4.79 Å². The number of amides is 1. The van der Waals surface area contributed by atoms with Crippen LogP contribution in [0.4, 0.5) is 0 Å². The highest BCUT2D eigenvalue weighted by Crippen LogP contribution is 2.45. The molecule has 1 amide bonds. The molecule has 3 aromatic carbocycles. The highest BCUT2D eigenvalue weighted by molar-refractivity contribution is 9.10. The van der Waals surface area contributed by atoms with E-state index in [2.05, 4.69) is 50.1 Å². The van der Waals surface area contributed by atoms with Gasteiger partial charge in [-0.25, -0.2) is 9.80 Å². The standard InChI is InChI=1S/C28H22Br2N2O3/c29-20-12-8-17(9-13-20)16-19-4-3-7-24-25(19)31-32(26(24)18-10-14-21(30)15-11-18)27(33)22-5-1-2-6-23(22)28(34)35/h1-2,5-6,8-16,24,26H,3-4,7H2,(H,34,35)/b19-16+. The molecule has 0 spiro atoms. The fraction of sp³-hybridized carbons (Fsp3) is 0.179. The van der Waals surface area contributed by atoms with Crippen molar-refractivity contribution in [3.63, 3.8) is 0 Å². The van der Waals surface area contributed by atoms with Crippen LogP contribution >= 0.6 is 31.9 Å². The molecule has 1 N–H and O–H groups in total. The molecular formula is C28H22Br2N2O3. The van der Waals surface area contributed by atoms with Crippen LogP contribution in [0.5, 0.6) is 0 Å². The van der Waals surface area contributed by atoms with Gasteiger partial charge in [0.25, 0.3) is 5.91 Å². The van der Waals surface area contributed by atoms with Crippen molar-refractivity contribution in [2.75, 3.05) is 0 Å². The maximum atomic E-state index is 13.8. The van der Waals surface area contributed by atoms with E-state index in [4.69, 9.17) is 5.10 Å². The first-order valence-electron chi connectivity index (χ1n) is 11.4. The average Bonchev–Trinajstić information content (AvgIpc) is 3.26. The number of hydrazone groups is 1. The lowest BCUT2D eigenvalue weighted by molar-refractivity contribution is 0.0646. The first-order valence-corrected chi connectivity index (χ1v) is 13.0. The first-order chi connectivity index (χ1) is 16.9. The van der Waals surface area contributed by atoms with Crippen LogP contribution in [0.15, 0.2) is 92.4 Å². The molecule has 0 bridgehead atoms. The number of nitrogens with zero attached hydrogens (tertiary/aromatic N) is 2. The Kier molecular flexibility index (Phi) is 6.71. The normalized spacial score (nSPS) is 20.5. The van der Waals surface area contributed by atoms with E-state index in [9.17, 15) is 14.7 Å². The molecule has 2 aliphatic rings. The predicted molar refractivity (Wildman–Crippen MR) is 143 cm³/mol. The van der Waals surface area contributed by atoms with Crippen molar-refractivity contribution in [3.05, 3.63) is 110 Å². The van der Waals surface area contributed by atoms with Gasteiger partial charge in [0, 0.05) is 14.9 Å². The lowest BCUT2D eigenvalue weighted by Crippen LogP contribution is -2.32. The predicted octanol–water partition coefficient (Wildman–Crippen LogP) is 7.35. The lowest BCUT2D eigenvalue weighted by Gasteiger charge is -2.30. The molecule has 1 saturated carbocycles. The third-order valence-corrected chi connectivity index (χ3v) is 7.58. The van der Waals surface area contributed by atoms with Crippen LogP contribution in [0, 0.1) is 5.92 Å². The Morgan fingerprint density at radius 1 is 0.914 bits per heavy atom. The van der Waals surface area contributed by atoms with E-state index in [0.717, 1.165) is 50.6 Å². The van der Waals surface area contributed by atoms with Gasteiger partial charge >= 0.3 is 5.97 Å². The van der Waals surface area contributed by atoms with Crippen LogP contribution in [0.2, 0.25) is 0 Å². The van der Waals surface area contributed by atoms with Crippen LogP contribution in [0.1, 0.15) is 57.1 Å². The summed E-state index contributed by atoms with van der Waals surface area (Å²) in [6.07, 6.45) is 4.93. The summed E-state index contributed by atoms with van der Waals surface area (Å²) in [5, 5.41) is 16.1. The number of hydrogen-bond acceptors (Lipinski definition) is 3. The highest BCUT2D eigenvalue weighted by Gasteiger charge is 2.44. The first kappa shape index (κ1) is 23.7. The molecule has 1 aliphatic heterocycles. The zero-order valence-corrected chi connectivity index (χ0v) is 21.9. The maximum Gasteiger partial charge on any atom is 0.336 e. The summed E-state index contributed by atoms with van der Waals surface area (Å²) in [6.45, 7) is 0. The quantitative estimate of drug-likeness (QED) is 0.344. The number of halogens is 2. The van der Waals surface area contributed by atoms with Crippen LogP contribution in [0.25, 0.3) is 6.08 Å². The van der Waals surface area contributed by atoms with Crippen molar-refractivity contribution >= 4 is 55.5 Å². The summed E-state index contributed by atoms with van der Waals surface area (Å²) in [4.78, 5) is 25.6. The van der Waals surface area contributed by atoms with E-state index >= 15 is 0 Å². The van der Waals surface area contributed by atoms with E-state index in [1.54, 1.807) is 18.2 Å². The molecule has 0 aromatic heterocycles. The number of carboxylic acid groups (broad SMARTS) is 1. The molecule has 35 heavy (non-hydrogen) atoms. The summed E-state index contributed by atoms with van der Waals surface area (Å²) in [5.74, 6) is -1.50. The van der Waals surface area contributed by atoms with Gasteiger partial charge in [0.1, 0.15) is 0 Å².